The largest absolute Gasteiger partial charge is 0.365 e. The van der Waals surface area contributed by atoms with Gasteiger partial charge in [-0.3, -0.25) is 0 Å². The number of para-hydroxylation sites is 1. The molecule has 3 rings (SSSR count). The van der Waals surface area contributed by atoms with Crippen LogP contribution in [0.2, 0.25) is 0 Å². The van der Waals surface area contributed by atoms with E-state index in [9.17, 15) is 0 Å². The molecule has 128 valence electrons. The smallest absolute Gasteiger partial charge is 0.249 e. The second-order valence-corrected chi connectivity index (χ2v) is 6.37. The molecule has 3 aromatic rings. The highest BCUT2D eigenvalue weighted by Crippen LogP contribution is 2.25. The lowest BCUT2D eigenvalue weighted by Crippen LogP contribution is -2.06. The molecule has 0 atom stereocenters. The van der Waals surface area contributed by atoms with Crippen LogP contribution in [0.15, 0.2) is 54.7 Å². The van der Waals surface area contributed by atoms with Crippen LogP contribution in [0.4, 0.5) is 17.5 Å². The number of hydrogen-bond acceptors (Lipinski definition) is 5. The first kappa shape index (κ1) is 16.9. The van der Waals surface area contributed by atoms with Gasteiger partial charge >= 0.3 is 0 Å². The van der Waals surface area contributed by atoms with Gasteiger partial charge in [-0.1, -0.05) is 61.9 Å². The highest BCUT2D eigenvalue weighted by atomic mass is 15.3. The van der Waals surface area contributed by atoms with Gasteiger partial charge in [-0.2, -0.15) is 10.1 Å². The molecule has 0 fully saturated rings. The number of aromatic nitrogens is 3. The van der Waals surface area contributed by atoms with E-state index >= 15 is 0 Å². The number of nitrogens with one attached hydrogen (secondary N) is 2. The van der Waals surface area contributed by atoms with Gasteiger partial charge in [0.25, 0.3) is 0 Å². The monoisotopic (exact) mass is 333 g/mol. The summed E-state index contributed by atoms with van der Waals surface area (Å²) in [5.74, 6) is 1.60. The van der Waals surface area contributed by atoms with Crippen LogP contribution in [0.25, 0.3) is 0 Å². The Balaban J connectivity index is 1.70. The molecular formula is C20H23N5. The number of hydrogen-bond donors (Lipinski definition) is 2. The van der Waals surface area contributed by atoms with Gasteiger partial charge in [0.2, 0.25) is 5.95 Å². The zero-order valence-electron chi connectivity index (χ0n) is 14.8. The summed E-state index contributed by atoms with van der Waals surface area (Å²) in [7, 11) is 0. The molecule has 1 aromatic heterocycles. The van der Waals surface area contributed by atoms with Crippen molar-refractivity contribution in [3.05, 3.63) is 71.4 Å². The summed E-state index contributed by atoms with van der Waals surface area (Å²) >= 11 is 0. The van der Waals surface area contributed by atoms with E-state index in [1.807, 2.05) is 18.2 Å². The minimum Gasteiger partial charge on any atom is -0.365 e. The van der Waals surface area contributed by atoms with Crippen molar-refractivity contribution in [3.8, 4) is 0 Å². The summed E-state index contributed by atoms with van der Waals surface area (Å²) in [6.45, 7) is 7.11. The maximum absolute atomic E-state index is 4.51. The topological polar surface area (TPSA) is 62.7 Å². The van der Waals surface area contributed by atoms with Crippen molar-refractivity contribution in [1.29, 1.82) is 0 Å². The van der Waals surface area contributed by atoms with Crippen LogP contribution in [-0.4, -0.2) is 15.2 Å². The van der Waals surface area contributed by atoms with Crippen molar-refractivity contribution in [2.24, 2.45) is 0 Å². The lowest BCUT2D eigenvalue weighted by atomic mass is 10.0. The van der Waals surface area contributed by atoms with Gasteiger partial charge in [-0.15, -0.1) is 5.10 Å². The van der Waals surface area contributed by atoms with Crippen LogP contribution in [-0.2, 0) is 6.54 Å². The molecule has 0 spiro atoms. The number of anilines is 3. The summed E-state index contributed by atoms with van der Waals surface area (Å²) in [6.07, 6.45) is 1.63. The average molecular weight is 333 g/mol. The van der Waals surface area contributed by atoms with Crippen molar-refractivity contribution in [2.45, 2.75) is 33.2 Å². The van der Waals surface area contributed by atoms with E-state index in [1.54, 1.807) is 6.20 Å². The molecule has 1 heterocycles. The molecule has 5 heteroatoms. The third-order valence-corrected chi connectivity index (χ3v) is 3.98. The second kappa shape index (κ2) is 7.75. The molecule has 0 saturated heterocycles. The zero-order valence-corrected chi connectivity index (χ0v) is 14.8. The first-order valence-electron chi connectivity index (χ1n) is 8.47. The Hall–Kier alpha value is -2.95. The van der Waals surface area contributed by atoms with Gasteiger partial charge in [0.05, 0.1) is 6.20 Å². The molecule has 0 aliphatic rings. The summed E-state index contributed by atoms with van der Waals surface area (Å²) in [5, 5.41) is 14.7. The van der Waals surface area contributed by atoms with Gasteiger partial charge in [-0.05, 0) is 30.0 Å². The van der Waals surface area contributed by atoms with E-state index in [1.165, 1.54) is 16.7 Å². The molecule has 0 aliphatic carbocycles. The highest BCUT2D eigenvalue weighted by Gasteiger charge is 2.08. The minimum absolute atomic E-state index is 0.416. The third kappa shape index (κ3) is 4.53. The fourth-order valence-corrected chi connectivity index (χ4v) is 2.57. The van der Waals surface area contributed by atoms with Crippen LogP contribution in [0.3, 0.4) is 0 Å². The van der Waals surface area contributed by atoms with Gasteiger partial charge in [-0.25, -0.2) is 0 Å². The molecule has 0 amide bonds. The van der Waals surface area contributed by atoms with Crippen molar-refractivity contribution < 1.29 is 0 Å². The zero-order chi connectivity index (χ0) is 17.6. The average Bonchev–Trinajstić information content (AvgIpc) is 2.62. The Morgan fingerprint density at radius 1 is 1.00 bits per heavy atom. The summed E-state index contributed by atoms with van der Waals surface area (Å²) < 4.78 is 0. The van der Waals surface area contributed by atoms with E-state index in [0.717, 1.165) is 5.69 Å². The molecule has 0 aliphatic heterocycles. The molecule has 25 heavy (non-hydrogen) atoms. The van der Waals surface area contributed by atoms with Crippen molar-refractivity contribution in [1.82, 2.24) is 15.2 Å². The first-order chi connectivity index (χ1) is 12.1. The number of nitrogens with zero attached hydrogens (tertiary/aromatic N) is 3. The normalized spacial score (nSPS) is 10.7. The van der Waals surface area contributed by atoms with Crippen LogP contribution < -0.4 is 10.6 Å². The number of aryl methyl sites for hydroxylation is 1. The summed E-state index contributed by atoms with van der Waals surface area (Å²) in [6, 6.07) is 16.6. The van der Waals surface area contributed by atoms with Gasteiger partial charge in [0.1, 0.15) is 0 Å². The predicted octanol–water partition coefficient (Wildman–Crippen LogP) is 4.66. The fourth-order valence-electron chi connectivity index (χ4n) is 2.57. The van der Waals surface area contributed by atoms with Gasteiger partial charge in [0, 0.05) is 12.2 Å². The molecule has 0 radical (unpaired) electrons. The highest BCUT2D eigenvalue weighted by molar-refractivity contribution is 5.59. The summed E-state index contributed by atoms with van der Waals surface area (Å²) in [4.78, 5) is 4.51. The standard InChI is InChI=1S/C20H23N5/c1-14(2)17-6-4-5-7-18(17)23-20-24-19(13-22-25-20)21-12-16-10-8-15(3)9-11-16/h4-11,13-14H,12H2,1-3H3,(H2,21,23,24,25). The Bertz CT molecular complexity index is 827. The molecule has 5 nitrogen and oxygen atoms in total. The third-order valence-electron chi connectivity index (χ3n) is 3.98. The van der Waals surface area contributed by atoms with Gasteiger partial charge in [0.15, 0.2) is 5.82 Å². The Kier molecular flexibility index (Phi) is 5.23. The van der Waals surface area contributed by atoms with Crippen LogP contribution >= 0.6 is 0 Å². The molecular weight excluding hydrogens is 310 g/mol. The summed E-state index contributed by atoms with van der Waals surface area (Å²) in [5.41, 5.74) is 4.69. The van der Waals surface area contributed by atoms with E-state index in [0.29, 0.717) is 24.2 Å². The fraction of sp³-hybridized carbons (Fsp3) is 0.250. The maximum Gasteiger partial charge on any atom is 0.249 e. The SMILES string of the molecule is Cc1ccc(CNc2cnnc(Nc3ccccc3C(C)C)n2)cc1. The van der Waals surface area contributed by atoms with E-state index in [2.05, 4.69) is 76.9 Å². The van der Waals surface area contributed by atoms with Crippen LogP contribution in [0.5, 0.6) is 0 Å². The van der Waals surface area contributed by atoms with Gasteiger partial charge < -0.3 is 10.6 Å². The quantitative estimate of drug-likeness (QED) is 0.687. The first-order valence-corrected chi connectivity index (χ1v) is 8.47. The van der Waals surface area contributed by atoms with E-state index in [4.69, 9.17) is 0 Å². The maximum atomic E-state index is 4.51. The Morgan fingerprint density at radius 3 is 2.52 bits per heavy atom. The minimum atomic E-state index is 0.416. The van der Waals surface area contributed by atoms with E-state index < -0.39 is 0 Å². The Morgan fingerprint density at radius 2 is 1.76 bits per heavy atom. The molecule has 2 N–H and O–H groups in total. The lowest BCUT2D eigenvalue weighted by molar-refractivity contribution is 0.867. The number of rotatable bonds is 6. The van der Waals surface area contributed by atoms with Crippen molar-refractivity contribution in [2.75, 3.05) is 10.6 Å². The van der Waals surface area contributed by atoms with Crippen LogP contribution in [0.1, 0.15) is 36.5 Å². The lowest BCUT2D eigenvalue weighted by Gasteiger charge is -2.13. The van der Waals surface area contributed by atoms with E-state index in [-0.39, 0.29) is 0 Å². The van der Waals surface area contributed by atoms with Crippen molar-refractivity contribution in [3.63, 3.8) is 0 Å². The predicted molar refractivity (Wildman–Crippen MR) is 102 cm³/mol. The second-order valence-electron chi connectivity index (χ2n) is 6.37. The van der Waals surface area contributed by atoms with Crippen LogP contribution in [0, 0.1) is 6.92 Å². The van der Waals surface area contributed by atoms with Crippen molar-refractivity contribution >= 4 is 17.5 Å². The molecule has 0 unspecified atom stereocenters. The molecule has 0 bridgehead atoms. The number of benzene rings is 2. The molecule has 2 aromatic carbocycles. The Labute approximate surface area is 148 Å². The molecule has 0 saturated carbocycles.